The molecular weight excluding hydrogens is 1040 g/mol. The van der Waals surface area contributed by atoms with Crippen LogP contribution >= 0.6 is 0 Å². The average Bonchev–Trinajstić information content (AvgIpc) is 3.33. The Balaban J connectivity index is 0.0000178. The van der Waals surface area contributed by atoms with Crippen LogP contribution in [0.15, 0.2) is 87.5 Å². The fourth-order valence-electron chi connectivity index (χ4n) is 9.20. The molecule has 0 aliphatic heterocycles. The zero-order valence-corrected chi connectivity index (χ0v) is 50.7. The van der Waals surface area contributed by atoms with Gasteiger partial charge in [0, 0.05) is 21.7 Å². The van der Waals surface area contributed by atoms with Crippen molar-refractivity contribution in [3.8, 4) is 0 Å². The number of hydrogen-bond acceptors (Lipinski definition) is 10. The molecule has 0 fully saturated rings. The van der Waals surface area contributed by atoms with Gasteiger partial charge >= 0.3 is 364 Å². The van der Waals surface area contributed by atoms with Gasteiger partial charge in [0.15, 0.2) is 0 Å². The van der Waals surface area contributed by atoms with Gasteiger partial charge in [-0.3, -0.25) is 0 Å². The predicted molar refractivity (Wildman–Crippen MR) is 287 cm³/mol. The fraction of sp³-hybridized carbons (Fsp3) is 0.684. The van der Waals surface area contributed by atoms with Crippen molar-refractivity contribution in [2.45, 2.75) is 267 Å². The molecule has 3 aromatic rings. The van der Waals surface area contributed by atoms with Crippen molar-refractivity contribution >= 4 is 30.4 Å². The van der Waals surface area contributed by atoms with Gasteiger partial charge in [0.05, 0.1) is 0 Å². The standard InChI is InChI=1S/3C18H30O3S.C3H7O.2Ti/c3*1-2-3-4-5-6-7-8-9-10-11-14-17-15-12-13-16-18(17)22(19,20)21;1-3(2)4;;/h3*12-13,15-16H,2-11,14H2,1H3,(H,19,20,21);3H,1-2H3;;/q;;;-1;;+4/p-3. The summed E-state index contributed by atoms with van der Waals surface area (Å²) in [5.74, 6) is 0. The van der Waals surface area contributed by atoms with Crippen LogP contribution in [0.5, 0.6) is 0 Å². The summed E-state index contributed by atoms with van der Waals surface area (Å²) in [4.78, 5) is -0.658. The summed E-state index contributed by atoms with van der Waals surface area (Å²) in [6.07, 6.45) is 33.8. The van der Waals surface area contributed by atoms with Gasteiger partial charge in [-0.25, -0.2) is 0 Å². The molecule has 0 saturated carbocycles. The minimum absolute atomic E-state index is 0. The van der Waals surface area contributed by atoms with E-state index in [0.29, 0.717) is 36.0 Å². The van der Waals surface area contributed by atoms with Crippen molar-refractivity contribution in [1.82, 2.24) is 0 Å². The van der Waals surface area contributed by atoms with Crippen LogP contribution in [0.25, 0.3) is 0 Å². The molecule has 3 rings (SSSR count). The van der Waals surface area contributed by atoms with Crippen molar-refractivity contribution in [3.05, 3.63) is 89.5 Å². The minimum Gasteiger partial charge on any atom is -0.0654 e. The van der Waals surface area contributed by atoms with Gasteiger partial charge < -0.3 is 0 Å². The van der Waals surface area contributed by atoms with E-state index in [1.165, 1.54) is 148 Å². The molecule has 0 atom stereocenters. The third-order valence-corrected chi connectivity index (χ3v) is 24.4. The quantitative estimate of drug-likeness (QED) is 0.0397. The van der Waals surface area contributed by atoms with E-state index < -0.39 is 54.6 Å². The molecule has 0 spiro atoms. The van der Waals surface area contributed by atoms with Crippen molar-refractivity contribution in [2.75, 3.05) is 0 Å². The van der Waals surface area contributed by atoms with Crippen molar-refractivity contribution in [2.24, 2.45) is 0 Å². The van der Waals surface area contributed by atoms with E-state index in [4.69, 9.17) is 11.6 Å². The van der Waals surface area contributed by atoms with Crippen LogP contribution in [0.2, 0.25) is 0 Å². The number of unbranched alkanes of at least 4 members (excludes halogenated alkanes) is 27. The van der Waals surface area contributed by atoms with Crippen molar-refractivity contribution < 1.29 is 76.7 Å². The Hall–Kier alpha value is -1.22. The molecule has 3 aromatic carbocycles. The summed E-state index contributed by atoms with van der Waals surface area (Å²) in [5.41, 5.74) is 1.38. The molecule has 0 unspecified atom stereocenters. The Morgan fingerprint density at radius 2 is 0.556 bits per heavy atom. The van der Waals surface area contributed by atoms with Gasteiger partial charge in [0.25, 0.3) is 0 Å². The van der Waals surface area contributed by atoms with Gasteiger partial charge in [-0.1, -0.05) is 78.6 Å². The summed E-state index contributed by atoms with van der Waals surface area (Å²) in [6.45, 7) is 9.70. The molecule has 0 bridgehead atoms. The van der Waals surface area contributed by atoms with Gasteiger partial charge in [-0.05, 0) is 0 Å². The van der Waals surface area contributed by atoms with Gasteiger partial charge in [-0.15, -0.1) is 0 Å². The Labute approximate surface area is 460 Å². The van der Waals surface area contributed by atoms with E-state index in [1.807, 2.05) is 0 Å². The molecule has 0 N–H and O–H groups in total. The third kappa shape index (κ3) is 26.7. The van der Waals surface area contributed by atoms with Crippen LogP contribution in [-0.2, 0) is 101 Å². The molecule has 0 amide bonds. The van der Waals surface area contributed by atoms with Crippen LogP contribution in [0.4, 0.5) is 0 Å². The Kier molecular flexibility index (Phi) is 35.6. The molecule has 10 nitrogen and oxygen atoms in total. The molecule has 408 valence electrons. The summed E-state index contributed by atoms with van der Waals surface area (Å²) in [6, 6.07) is 19.1. The maximum absolute atomic E-state index is 14.7. The van der Waals surface area contributed by atoms with E-state index >= 15 is 0 Å². The average molecular weight is 1130 g/mol. The van der Waals surface area contributed by atoms with E-state index in [9.17, 15) is 25.3 Å². The molecular formula is C57H94O10S3Ti2. The molecule has 0 aromatic heterocycles. The second-order valence-electron chi connectivity index (χ2n) is 19.9. The van der Waals surface area contributed by atoms with Gasteiger partial charge in [0.2, 0.25) is 0 Å². The van der Waals surface area contributed by atoms with E-state index in [2.05, 4.69) is 20.8 Å². The molecule has 0 saturated heterocycles. The zero-order valence-electron chi connectivity index (χ0n) is 45.1. The van der Waals surface area contributed by atoms with Crippen molar-refractivity contribution in [3.63, 3.8) is 0 Å². The first-order chi connectivity index (χ1) is 34.2. The second-order valence-corrected chi connectivity index (χ2v) is 28.7. The Morgan fingerprint density at radius 1 is 0.347 bits per heavy atom. The zero-order chi connectivity index (χ0) is 51.7. The van der Waals surface area contributed by atoms with Crippen LogP contribution < -0.4 is 0 Å². The molecule has 0 aliphatic rings. The number of hydrogen-bond donors (Lipinski definition) is 0. The number of benzene rings is 3. The molecule has 72 heavy (non-hydrogen) atoms. The summed E-state index contributed by atoms with van der Waals surface area (Å²) in [7, 11) is -14.9. The van der Waals surface area contributed by atoms with Gasteiger partial charge in [-0.2, -0.15) is 0 Å². The summed E-state index contributed by atoms with van der Waals surface area (Å²) < 4.78 is 112. The van der Waals surface area contributed by atoms with E-state index in [-0.39, 0.29) is 36.4 Å². The first-order valence-electron chi connectivity index (χ1n) is 28.0. The second kappa shape index (κ2) is 38.3. The molecule has 15 heteroatoms. The normalized spacial score (nSPS) is 12.4. The van der Waals surface area contributed by atoms with Gasteiger partial charge in [0.1, 0.15) is 0 Å². The first-order valence-corrected chi connectivity index (χ1v) is 34.8. The first kappa shape index (κ1) is 66.9. The molecule has 0 aliphatic carbocycles. The van der Waals surface area contributed by atoms with E-state index in [0.717, 1.165) is 77.0 Å². The van der Waals surface area contributed by atoms with Crippen LogP contribution in [0.3, 0.4) is 0 Å². The fourth-order valence-corrected chi connectivity index (χ4v) is 20.6. The summed E-state index contributed by atoms with van der Waals surface area (Å²) in [5, 5.41) is 0. The molecule has 0 radical (unpaired) electrons. The summed E-state index contributed by atoms with van der Waals surface area (Å²) >= 11 is -6.61. The number of rotatable bonds is 44. The maximum atomic E-state index is 14.7. The molecule has 0 heterocycles. The smallest absolute Gasteiger partial charge is 0.0654 e. The Morgan fingerprint density at radius 3 is 0.778 bits per heavy atom. The van der Waals surface area contributed by atoms with Crippen LogP contribution in [0.1, 0.15) is 244 Å². The topological polar surface area (TPSA) is 139 Å². The predicted octanol–water partition coefficient (Wildman–Crippen LogP) is 16.8. The SMILES string of the molecule is CCCCCCCCCCCCc1ccccc1S(=O)(=O)[O][Ti]([O]C(C)C)([O]S(=O)(=O)c1ccccc1CCCCCCCCCCCC)[O]S(=O)(=O)c1ccccc1CCCCCCCCCCCC.[Ti]. The number of aryl methyl sites for hydroxylation is 3. The van der Waals surface area contributed by atoms with Crippen molar-refractivity contribution in [1.29, 1.82) is 0 Å². The van der Waals surface area contributed by atoms with E-state index in [1.54, 1.807) is 54.6 Å². The monoisotopic (exact) mass is 1130 g/mol. The third-order valence-electron chi connectivity index (χ3n) is 13.1. The van der Waals surface area contributed by atoms with Crippen LogP contribution in [0, 0.1) is 0 Å². The van der Waals surface area contributed by atoms with Crippen LogP contribution in [-0.4, -0.2) is 31.4 Å². The minimum atomic E-state index is -6.61. The Bertz CT molecular complexity index is 1980.